The van der Waals surface area contributed by atoms with Gasteiger partial charge in [-0.25, -0.2) is 21.6 Å². The lowest BCUT2D eigenvalue weighted by Gasteiger charge is -2.26. The maximum absolute atomic E-state index is 13.4. The van der Waals surface area contributed by atoms with Crippen LogP contribution in [0.2, 0.25) is 0 Å². The molecule has 2 aromatic rings. The van der Waals surface area contributed by atoms with Crippen molar-refractivity contribution < 1.29 is 31.3 Å². The molecule has 0 aliphatic rings. The van der Waals surface area contributed by atoms with Crippen LogP contribution in [0.4, 0.5) is 0 Å². The molecule has 0 unspecified atom stereocenters. The van der Waals surface area contributed by atoms with Gasteiger partial charge in [-0.2, -0.15) is 0 Å². The zero-order valence-corrected chi connectivity index (χ0v) is 18.6. The number of nitrogens with zero attached hydrogens (tertiary/aromatic N) is 1. The fraction of sp³-hybridized carbons (Fsp3) is 0.350. The van der Waals surface area contributed by atoms with Crippen LogP contribution in [-0.2, 0) is 29.2 Å². The van der Waals surface area contributed by atoms with Gasteiger partial charge in [0.25, 0.3) is 0 Å². The zero-order chi connectivity index (χ0) is 23.3. The fourth-order valence-corrected chi connectivity index (χ4v) is 7.77. The molecule has 168 valence electrons. The molecule has 0 saturated carbocycles. The van der Waals surface area contributed by atoms with Crippen molar-refractivity contribution in [1.82, 2.24) is 0 Å². The number of ether oxygens (including phenoxy) is 1. The second kappa shape index (κ2) is 9.56. The fourth-order valence-electron chi connectivity index (χ4n) is 3.10. The third-order valence-corrected chi connectivity index (χ3v) is 10.0. The van der Waals surface area contributed by atoms with Gasteiger partial charge < -0.3 is 4.74 Å². The van der Waals surface area contributed by atoms with Gasteiger partial charge in [0.15, 0.2) is 24.3 Å². The molecule has 0 spiro atoms. The highest BCUT2D eigenvalue weighted by atomic mass is 32.3. The number of sulfone groups is 2. The Balaban J connectivity index is 2.76. The molecule has 0 N–H and O–H groups in total. The quantitative estimate of drug-likeness (QED) is 0.294. The minimum Gasteiger partial charge on any atom is -0.461 e. The van der Waals surface area contributed by atoms with Crippen LogP contribution in [0.25, 0.3) is 0 Å². The summed E-state index contributed by atoms with van der Waals surface area (Å²) in [4.78, 5) is 22.9. The van der Waals surface area contributed by atoms with E-state index in [1.807, 2.05) is 0 Å². The number of rotatable bonds is 10. The molecular formula is C20H23NO8S2. The molecular weight excluding hydrogens is 446 g/mol. The minimum atomic E-state index is -4.63. The Kier molecular flexibility index (Phi) is 7.55. The van der Waals surface area contributed by atoms with E-state index in [0.29, 0.717) is 0 Å². The average molecular weight is 470 g/mol. The van der Waals surface area contributed by atoms with Gasteiger partial charge in [-0.15, -0.1) is 0 Å². The highest BCUT2D eigenvalue weighted by Crippen LogP contribution is 2.34. The Morgan fingerprint density at radius 3 is 1.68 bits per heavy atom. The van der Waals surface area contributed by atoms with Gasteiger partial charge in [0.2, 0.25) is 0 Å². The SMILES string of the molecule is CCOC(=O)[C@](CC)(CC(S(=O)(=O)c1ccccc1)S(=O)(=O)c1ccccc1)[N+](=O)[O-]. The van der Waals surface area contributed by atoms with Crippen molar-refractivity contribution in [2.75, 3.05) is 6.61 Å². The monoisotopic (exact) mass is 469 g/mol. The molecule has 31 heavy (non-hydrogen) atoms. The second-order valence-electron chi connectivity index (χ2n) is 6.71. The largest absolute Gasteiger partial charge is 0.461 e. The van der Waals surface area contributed by atoms with E-state index in [4.69, 9.17) is 4.74 Å². The van der Waals surface area contributed by atoms with Crippen molar-refractivity contribution in [2.45, 2.75) is 46.6 Å². The number of carbonyl (C=O) groups is 1. The summed E-state index contributed by atoms with van der Waals surface area (Å²) in [5, 5.41) is 11.9. The summed E-state index contributed by atoms with van der Waals surface area (Å²) >= 11 is 0. The van der Waals surface area contributed by atoms with E-state index in [9.17, 15) is 31.7 Å². The molecule has 0 aliphatic carbocycles. The first kappa shape index (κ1) is 24.5. The molecule has 0 aliphatic heterocycles. The summed E-state index contributed by atoms with van der Waals surface area (Å²) < 4.78 is 56.1. The second-order valence-corrected chi connectivity index (χ2v) is 11.3. The summed E-state index contributed by atoms with van der Waals surface area (Å²) in [6.45, 7) is 2.56. The standard InChI is InChI=1S/C20H23NO8S2/c1-3-20(21(23)24,19(22)29-4-2)15-18(30(25,26)16-11-7-5-8-12-16)31(27,28)17-13-9-6-10-14-17/h5-14,18H,3-4,15H2,1-2H3/t20-/m0/s1. The summed E-state index contributed by atoms with van der Waals surface area (Å²) in [6, 6.07) is 13.5. The van der Waals surface area contributed by atoms with Crippen LogP contribution in [0.15, 0.2) is 70.5 Å². The number of benzene rings is 2. The maximum atomic E-state index is 13.4. The van der Waals surface area contributed by atoms with E-state index in [1.54, 1.807) is 12.1 Å². The molecule has 2 rings (SSSR count). The van der Waals surface area contributed by atoms with E-state index < -0.39 is 53.5 Å². The number of nitro groups is 1. The molecule has 0 fully saturated rings. The lowest BCUT2D eigenvalue weighted by atomic mass is 9.94. The Hall–Kier alpha value is -2.79. The van der Waals surface area contributed by atoms with E-state index in [-0.39, 0.29) is 16.4 Å². The van der Waals surface area contributed by atoms with Crippen molar-refractivity contribution in [1.29, 1.82) is 0 Å². The smallest absolute Gasteiger partial charge is 0.384 e. The molecule has 11 heteroatoms. The maximum Gasteiger partial charge on any atom is 0.384 e. The number of hydrogen-bond donors (Lipinski definition) is 0. The zero-order valence-electron chi connectivity index (χ0n) is 17.0. The van der Waals surface area contributed by atoms with E-state index in [0.717, 1.165) is 0 Å². The predicted molar refractivity (Wildman–Crippen MR) is 112 cm³/mol. The summed E-state index contributed by atoms with van der Waals surface area (Å²) in [5.74, 6) is -1.28. The first-order valence-corrected chi connectivity index (χ1v) is 12.5. The van der Waals surface area contributed by atoms with Gasteiger partial charge in [0, 0.05) is 11.3 Å². The predicted octanol–water partition coefficient (Wildman–Crippen LogP) is 2.64. The van der Waals surface area contributed by atoms with Crippen LogP contribution < -0.4 is 0 Å². The van der Waals surface area contributed by atoms with Crippen LogP contribution in [0.1, 0.15) is 26.7 Å². The number of hydrogen-bond acceptors (Lipinski definition) is 8. The van der Waals surface area contributed by atoms with Crippen LogP contribution in [0.5, 0.6) is 0 Å². The Morgan fingerprint density at radius 1 is 0.935 bits per heavy atom. The van der Waals surface area contributed by atoms with E-state index in [2.05, 4.69) is 0 Å². The van der Waals surface area contributed by atoms with Crippen LogP contribution >= 0.6 is 0 Å². The average Bonchev–Trinajstić information content (AvgIpc) is 2.75. The van der Waals surface area contributed by atoms with Gasteiger partial charge >= 0.3 is 11.5 Å². The van der Waals surface area contributed by atoms with E-state index >= 15 is 0 Å². The molecule has 0 heterocycles. The van der Waals surface area contributed by atoms with Crippen molar-refractivity contribution in [3.05, 3.63) is 70.8 Å². The first-order chi connectivity index (χ1) is 14.5. The van der Waals surface area contributed by atoms with Crippen molar-refractivity contribution in [3.8, 4) is 0 Å². The normalized spacial score (nSPS) is 14.0. The molecule has 0 amide bonds. The van der Waals surface area contributed by atoms with Crippen LogP contribution in [-0.4, -0.2) is 44.5 Å². The van der Waals surface area contributed by atoms with Gasteiger partial charge in [-0.1, -0.05) is 43.3 Å². The van der Waals surface area contributed by atoms with Crippen molar-refractivity contribution in [2.24, 2.45) is 0 Å². The molecule has 9 nitrogen and oxygen atoms in total. The highest BCUT2D eigenvalue weighted by Gasteiger charge is 2.57. The summed E-state index contributed by atoms with van der Waals surface area (Å²) in [5.41, 5.74) is -2.55. The summed E-state index contributed by atoms with van der Waals surface area (Å²) in [6.07, 6.45) is -1.55. The Bertz CT molecular complexity index is 1060. The first-order valence-electron chi connectivity index (χ1n) is 9.43. The molecule has 0 saturated heterocycles. The Labute approximate surface area is 181 Å². The lowest BCUT2D eigenvalue weighted by molar-refractivity contribution is -0.556. The minimum absolute atomic E-state index is 0.185. The third kappa shape index (κ3) is 4.77. The van der Waals surface area contributed by atoms with Crippen LogP contribution in [0, 0.1) is 10.1 Å². The van der Waals surface area contributed by atoms with Gasteiger partial charge in [0.05, 0.1) is 22.8 Å². The molecule has 0 aromatic heterocycles. The topological polar surface area (TPSA) is 138 Å². The molecule has 1 atom stereocenters. The van der Waals surface area contributed by atoms with Gasteiger partial charge in [0.1, 0.15) is 0 Å². The third-order valence-electron chi connectivity index (χ3n) is 4.93. The van der Waals surface area contributed by atoms with Crippen molar-refractivity contribution in [3.63, 3.8) is 0 Å². The summed E-state index contributed by atoms with van der Waals surface area (Å²) in [7, 11) is -9.26. The van der Waals surface area contributed by atoms with Gasteiger partial charge in [-0.05, 0) is 31.2 Å². The van der Waals surface area contributed by atoms with Crippen LogP contribution in [0.3, 0.4) is 0 Å². The Morgan fingerprint density at radius 2 is 1.35 bits per heavy atom. The lowest BCUT2D eigenvalue weighted by Crippen LogP contribution is -2.52. The molecule has 0 bridgehead atoms. The van der Waals surface area contributed by atoms with Gasteiger partial charge in [-0.3, -0.25) is 10.1 Å². The molecule has 2 aromatic carbocycles. The highest BCUT2D eigenvalue weighted by molar-refractivity contribution is 8.09. The number of esters is 1. The molecule has 0 radical (unpaired) electrons. The van der Waals surface area contributed by atoms with E-state index in [1.165, 1.54) is 62.4 Å². The van der Waals surface area contributed by atoms with Crippen molar-refractivity contribution >= 4 is 25.6 Å². The number of carbonyl (C=O) groups excluding carboxylic acids is 1.